The molecular weight excluding hydrogens is 184 g/mol. The lowest BCUT2D eigenvalue weighted by Crippen LogP contribution is -2.41. The second kappa shape index (κ2) is 5.07. The third-order valence-corrected chi connectivity index (χ3v) is 2.58. The van der Waals surface area contributed by atoms with Crippen molar-refractivity contribution in [3.05, 3.63) is 0 Å². The zero-order chi connectivity index (χ0) is 10.6. The van der Waals surface area contributed by atoms with Crippen LogP contribution in [0.3, 0.4) is 0 Å². The van der Waals surface area contributed by atoms with Crippen LogP contribution in [0.2, 0.25) is 0 Å². The minimum absolute atomic E-state index is 0.106. The van der Waals surface area contributed by atoms with Gasteiger partial charge >= 0.3 is 5.97 Å². The first-order valence-corrected chi connectivity index (χ1v) is 4.84. The van der Waals surface area contributed by atoms with Gasteiger partial charge in [-0.25, -0.2) is 0 Å². The van der Waals surface area contributed by atoms with Crippen molar-refractivity contribution >= 4 is 11.8 Å². The lowest BCUT2D eigenvalue weighted by molar-refractivity contribution is -0.147. The van der Waals surface area contributed by atoms with Crippen molar-refractivity contribution in [3.8, 4) is 0 Å². The molecule has 0 spiro atoms. The zero-order valence-corrected chi connectivity index (χ0v) is 8.03. The number of carboxylic acid groups (broad SMARTS) is 1. The van der Waals surface area contributed by atoms with Crippen molar-refractivity contribution in [1.29, 1.82) is 0 Å². The highest BCUT2D eigenvalue weighted by molar-refractivity contribution is 5.99. The number of hydrogen-bond donors (Lipinski definition) is 3. The van der Waals surface area contributed by atoms with Crippen LogP contribution in [0.15, 0.2) is 0 Å². The predicted octanol–water partition coefficient (Wildman–Crippen LogP) is -0.785. The second-order valence-electron chi connectivity index (χ2n) is 3.57. The van der Waals surface area contributed by atoms with E-state index in [2.05, 4.69) is 5.32 Å². The monoisotopic (exact) mass is 200 g/mol. The largest absolute Gasteiger partial charge is 0.481 e. The highest BCUT2D eigenvalue weighted by Crippen LogP contribution is 2.15. The Morgan fingerprint density at radius 2 is 2.29 bits per heavy atom. The highest BCUT2D eigenvalue weighted by Gasteiger charge is 2.31. The van der Waals surface area contributed by atoms with Crippen LogP contribution in [-0.2, 0) is 9.59 Å². The van der Waals surface area contributed by atoms with E-state index in [0.717, 1.165) is 19.4 Å². The van der Waals surface area contributed by atoms with Crippen molar-refractivity contribution in [2.24, 2.45) is 17.6 Å². The summed E-state index contributed by atoms with van der Waals surface area (Å²) in [6, 6.07) is 0. The summed E-state index contributed by atoms with van der Waals surface area (Å²) in [5, 5.41) is 11.8. The highest BCUT2D eigenvalue weighted by atomic mass is 16.4. The van der Waals surface area contributed by atoms with E-state index in [1.54, 1.807) is 0 Å². The van der Waals surface area contributed by atoms with Crippen LogP contribution in [0.4, 0.5) is 0 Å². The third kappa shape index (κ3) is 2.52. The molecule has 0 aromatic carbocycles. The van der Waals surface area contributed by atoms with E-state index >= 15 is 0 Å². The Bertz CT molecular complexity index is 224. The molecule has 0 aliphatic carbocycles. The number of ketones is 1. The van der Waals surface area contributed by atoms with Crippen molar-refractivity contribution < 1.29 is 14.7 Å². The Labute approximate surface area is 82.7 Å². The fraction of sp³-hybridized carbons (Fsp3) is 0.778. The molecule has 0 bridgehead atoms. The summed E-state index contributed by atoms with van der Waals surface area (Å²) in [5.41, 5.74) is 5.26. The molecule has 1 aliphatic heterocycles. The topological polar surface area (TPSA) is 92.4 Å². The van der Waals surface area contributed by atoms with Crippen LogP contribution in [0.25, 0.3) is 0 Å². The van der Waals surface area contributed by atoms with E-state index in [-0.39, 0.29) is 18.2 Å². The summed E-state index contributed by atoms with van der Waals surface area (Å²) in [5.74, 6) is -2.54. The molecule has 0 saturated carbocycles. The normalized spacial score (nSPS) is 24.2. The Balaban J connectivity index is 2.56. The minimum atomic E-state index is -1.11. The molecule has 80 valence electrons. The maximum Gasteiger partial charge on any atom is 0.315 e. The maximum atomic E-state index is 11.7. The van der Waals surface area contributed by atoms with E-state index in [4.69, 9.17) is 10.8 Å². The molecule has 1 saturated heterocycles. The Morgan fingerprint density at radius 3 is 2.71 bits per heavy atom. The van der Waals surface area contributed by atoms with E-state index in [1.165, 1.54) is 0 Å². The quantitative estimate of drug-likeness (QED) is 0.517. The summed E-state index contributed by atoms with van der Waals surface area (Å²) >= 11 is 0. The Kier molecular flexibility index (Phi) is 4.03. The number of rotatable bonds is 4. The molecule has 14 heavy (non-hydrogen) atoms. The molecule has 0 radical (unpaired) electrons. The summed E-state index contributed by atoms with van der Waals surface area (Å²) in [7, 11) is 0. The number of nitrogens with two attached hydrogens (primary N) is 1. The molecule has 0 aromatic rings. The molecule has 1 heterocycles. The minimum Gasteiger partial charge on any atom is -0.481 e. The van der Waals surface area contributed by atoms with Crippen molar-refractivity contribution in [1.82, 2.24) is 5.32 Å². The first-order chi connectivity index (χ1) is 6.66. The lowest BCUT2D eigenvalue weighted by atomic mass is 9.87. The lowest BCUT2D eigenvalue weighted by Gasteiger charge is -2.23. The summed E-state index contributed by atoms with van der Waals surface area (Å²) in [4.78, 5) is 22.4. The molecular formula is C9H16N2O3. The van der Waals surface area contributed by atoms with Crippen LogP contribution in [0.5, 0.6) is 0 Å². The van der Waals surface area contributed by atoms with Crippen molar-refractivity contribution in [2.45, 2.75) is 12.8 Å². The van der Waals surface area contributed by atoms with E-state index in [1.807, 2.05) is 0 Å². The maximum absolute atomic E-state index is 11.7. The average Bonchev–Trinajstić information content (AvgIpc) is 2.19. The molecule has 0 aromatic heterocycles. The molecule has 0 amide bonds. The smallest absolute Gasteiger partial charge is 0.315 e. The van der Waals surface area contributed by atoms with Crippen LogP contribution < -0.4 is 11.1 Å². The number of carbonyl (C=O) groups is 2. The first-order valence-electron chi connectivity index (χ1n) is 4.84. The van der Waals surface area contributed by atoms with Gasteiger partial charge in [-0.15, -0.1) is 0 Å². The number of Topliss-reactive ketones (excluding diaryl/α,β-unsaturated/α-hetero) is 1. The van der Waals surface area contributed by atoms with Gasteiger partial charge in [0.2, 0.25) is 0 Å². The van der Waals surface area contributed by atoms with Crippen LogP contribution >= 0.6 is 0 Å². The number of carboxylic acids is 1. The van der Waals surface area contributed by atoms with Gasteiger partial charge in [0, 0.05) is 19.0 Å². The van der Waals surface area contributed by atoms with Gasteiger partial charge in [0.1, 0.15) is 5.92 Å². The number of hydrogen-bond acceptors (Lipinski definition) is 4. The van der Waals surface area contributed by atoms with Crippen LogP contribution in [0.1, 0.15) is 12.8 Å². The van der Waals surface area contributed by atoms with Crippen LogP contribution in [0, 0.1) is 11.8 Å². The summed E-state index contributed by atoms with van der Waals surface area (Å²) in [6.45, 7) is 1.39. The van der Waals surface area contributed by atoms with Gasteiger partial charge in [-0.1, -0.05) is 0 Å². The summed E-state index contributed by atoms with van der Waals surface area (Å²) < 4.78 is 0. The zero-order valence-electron chi connectivity index (χ0n) is 8.03. The summed E-state index contributed by atoms with van der Waals surface area (Å²) in [6.07, 6.45) is 1.70. The van der Waals surface area contributed by atoms with Crippen LogP contribution in [-0.4, -0.2) is 36.5 Å². The molecule has 1 fully saturated rings. The Hall–Kier alpha value is -0.940. The van der Waals surface area contributed by atoms with Gasteiger partial charge < -0.3 is 16.2 Å². The van der Waals surface area contributed by atoms with E-state index in [9.17, 15) is 9.59 Å². The van der Waals surface area contributed by atoms with Crippen molar-refractivity contribution in [2.75, 3.05) is 19.6 Å². The van der Waals surface area contributed by atoms with Gasteiger partial charge in [-0.2, -0.15) is 0 Å². The van der Waals surface area contributed by atoms with E-state index < -0.39 is 11.9 Å². The fourth-order valence-electron chi connectivity index (χ4n) is 1.72. The number of nitrogens with one attached hydrogen (secondary N) is 1. The van der Waals surface area contributed by atoms with Crippen molar-refractivity contribution in [3.63, 3.8) is 0 Å². The van der Waals surface area contributed by atoms with Gasteiger partial charge in [0.15, 0.2) is 5.78 Å². The SMILES string of the molecule is NCC(C(=O)O)C(=O)C1CCCNC1. The average molecular weight is 200 g/mol. The first kappa shape index (κ1) is 11.1. The molecule has 4 N–H and O–H groups in total. The number of carbonyl (C=O) groups excluding carboxylic acids is 1. The second-order valence-corrected chi connectivity index (χ2v) is 3.57. The Morgan fingerprint density at radius 1 is 1.57 bits per heavy atom. The van der Waals surface area contributed by atoms with E-state index in [0.29, 0.717) is 6.54 Å². The molecule has 5 nitrogen and oxygen atoms in total. The molecule has 2 unspecified atom stereocenters. The molecule has 1 aliphatic rings. The van der Waals surface area contributed by atoms with Gasteiger partial charge in [0.05, 0.1) is 0 Å². The molecule has 1 rings (SSSR count). The third-order valence-electron chi connectivity index (χ3n) is 2.58. The predicted molar refractivity (Wildman–Crippen MR) is 50.8 cm³/mol. The standard InChI is InChI=1S/C9H16N2O3/c10-4-7(9(13)14)8(12)6-2-1-3-11-5-6/h6-7,11H,1-5,10H2,(H,13,14). The van der Waals surface area contributed by atoms with Gasteiger partial charge in [-0.3, -0.25) is 9.59 Å². The number of aliphatic carboxylic acids is 1. The molecule has 5 heteroatoms. The number of piperidine rings is 1. The molecule has 2 atom stereocenters. The van der Waals surface area contributed by atoms with Gasteiger partial charge in [-0.05, 0) is 19.4 Å². The van der Waals surface area contributed by atoms with Gasteiger partial charge in [0.25, 0.3) is 0 Å². The fourth-order valence-corrected chi connectivity index (χ4v) is 1.72.